The first kappa shape index (κ1) is 31.0. The fourth-order valence-electron chi connectivity index (χ4n) is 7.09. The van der Waals surface area contributed by atoms with Crippen LogP contribution in [0.2, 0.25) is 0 Å². The van der Waals surface area contributed by atoms with Gasteiger partial charge in [-0.25, -0.2) is 9.11 Å². The van der Waals surface area contributed by atoms with Crippen LogP contribution in [0.15, 0.2) is 36.4 Å². The highest BCUT2D eigenvalue weighted by Gasteiger charge is 2.33. The maximum absolute atomic E-state index is 15.5. The summed E-state index contributed by atoms with van der Waals surface area (Å²) in [6.07, 6.45) is 5.55. The van der Waals surface area contributed by atoms with E-state index in [1.54, 1.807) is 18.2 Å². The standard InChI is InChI=1S/C33H44FN5O4S/c1-22(2)38-17-15-36(3)25-20-39-29-19-24(33(40)35-44(41,42)37(4)16-18-38)13-14-26(29)30(23-9-6-5-7-10-23)31(39)27-11-8-12-28(34)32(27)43-21-25/h8,11-14,19,22-23,25H,5-7,9-10,15-18,20-21H2,1-4H3,(H,35,40). The number of nitrogens with one attached hydrogen (secondary N) is 1. The number of hydrogen-bond acceptors (Lipinski definition) is 6. The quantitative estimate of drug-likeness (QED) is 0.440. The molecule has 6 rings (SSSR count). The number of halogens is 1. The summed E-state index contributed by atoms with van der Waals surface area (Å²) in [5.74, 6) is -0.510. The minimum absolute atomic E-state index is 0.0706. The zero-order valence-electron chi connectivity index (χ0n) is 26.2. The molecule has 11 heteroatoms. The Morgan fingerprint density at radius 1 is 1.00 bits per heavy atom. The highest BCUT2D eigenvalue weighted by molar-refractivity contribution is 7.87. The number of amides is 1. The molecule has 1 aliphatic carbocycles. The van der Waals surface area contributed by atoms with Gasteiger partial charge in [-0.1, -0.05) is 31.4 Å². The van der Waals surface area contributed by atoms with Crippen LogP contribution in [0, 0.1) is 5.82 Å². The van der Waals surface area contributed by atoms with Crippen LogP contribution in [-0.2, 0) is 16.8 Å². The number of rotatable bonds is 2. The molecule has 1 unspecified atom stereocenters. The SMILES string of the molecule is CC(C)N1CCN(C)C2COc3c(F)cccc3-c3c(C4CCCCC4)c4ccc(cc4n3C2)C(=O)NS(=O)(=O)N(C)CC1. The van der Waals surface area contributed by atoms with Gasteiger partial charge in [-0.3, -0.25) is 14.6 Å². The topological polar surface area (TPSA) is 87.1 Å². The van der Waals surface area contributed by atoms with Gasteiger partial charge in [0.25, 0.3) is 5.91 Å². The predicted molar refractivity (Wildman–Crippen MR) is 171 cm³/mol. The molecule has 3 aliphatic rings. The first-order valence-electron chi connectivity index (χ1n) is 15.9. The Kier molecular flexibility index (Phi) is 8.76. The van der Waals surface area contributed by atoms with Crippen LogP contribution in [0.3, 0.4) is 0 Å². The second-order valence-electron chi connectivity index (χ2n) is 12.9. The summed E-state index contributed by atoms with van der Waals surface area (Å²) in [7, 11) is -0.483. The van der Waals surface area contributed by atoms with E-state index in [1.807, 2.05) is 12.1 Å². The summed E-state index contributed by atoms with van der Waals surface area (Å²) in [6.45, 7) is 7.27. The molecule has 1 aromatic heterocycles. The Bertz CT molecular complexity index is 1650. The Labute approximate surface area is 260 Å². The van der Waals surface area contributed by atoms with E-state index in [0.717, 1.165) is 54.4 Å². The Morgan fingerprint density at radius 2 is 1.75 bits per heavy atom. The van der Waals surface area contributed by atoms with E-state index < -0.39 is 16.1 Å². The highest BCUT2D eigenvalue weighted by Crippen LogP contribution is 2.47. The van der Waals surface area contributed by atoms with Crippen molar-refractivity contribution in [2.75, 3.05) is 46.9 Å². The number of likely N-dealkylation sites (N-methyl/N-ethyl adjacent to an activating group) is 2. The molecule has 2 aliphatic heterocycles. The molecule has 3 aromatic rings. The van der Waals surface area contributed by atoms with Gasteiger partial charge in [0.05, 0.1) is 11.7 Å². The van der Waals surface area contributed by atoms with E-state index in [-0.39, 0.29) is 41.7 Å². The van der Waals surface area contributed by atoms with Gasteiger partial charge in [0.2, 0.25) is 0 Å². The van der Waals surface area contributed by atoms with Crippen molar-refractivity contribution in [3.63, 3.8) is 0 Å². The summed E-state index contributed by atoms with van der Waals surface area (Å²) in [6, 6.07) is 10.7. The third-order valence-electron chi connectivity index (χ3n) is 9.84. The molecule has 2 aromatic carbocycles. The molecule has 0 saturated heterocycles. The van der Waals surface area contributed by atoms with Crippen molar-refractivity contribution in [3.05, 3.63) is 53.3 Å². The van der Waals surface area contributed by atoms with E-state index >= 15 is 4.39 Å². The van der Waals surface area contributed by atoms with E-state index in [0.29, 0.717) is 26.2 Å². The lowest BCUT2D eigenvalue weighted by Crippen LogP contribution is -2.48. The molecule has 44 heavy (non-hydrogen) atoms. The van der Waals surface area contributed by atoms with Crippen molar-refractivity contribution in [1.29, 1.82) is 0 Å². The van der Waals surface area contributed by atoms with Crippen LogP contribution in [0.4, 0.5) is 4.39 Å². The average molecular weight is 626 g/mol. The summed E-state index contributed by atoms with van der Waals surface area (Å²) in [4.78, 5) is 18.0. The van der Waals surface area contributed by atoms with Gasteiger partial charge in [-0.2, -0.15) is 12.7 Å². The zero-order chi connectivity index (χ0) is 31.2. The van der Waals surface area contributed by atoms with Crippen LogP contribution in [-0.4, -0.2) is 92.0 Å². The third kappa shape index (κ3) is 5.87. The van der Waals surface area contributed by atoms with Gasteiger partial charge in [-0.05, 0) is 69.5 Å². The largest absolute Gasteiger partial charge is 0.488 e. The molecular weight excluding hydrogens is 581 g/mol. The third-order valence-corrected chi connectivity index (χ3v) is 11.3. The van der Waals surface area contributed by atoms with Gasteiger partial charge < -0.3 is 9.30 Å². The van der Waals surface area contributed by atoms with Crippen molar-refractivity contribution < 1.29 is 22.3 Å². The Hall–Kier alpha value is -2.99. The molecule has 238 valence electrons. The number of aromatic nitrogens is 1. The maximum Gasteiger partial charge on any atom is 0.303 e. The fourth-order valence-corrected chi connectivity index (χ4v) is 7.92. The van der Waals surface area contributed by atoms with Gasteiger partial charge in [0.1, 0.15) is 6.61 Å². The fraction of sp³-hybridized carbons (Fsp3) is 0.545. The number of carbonyl (C=O) groups is 1. The molecular formula is C33H44FN5O4S. The van der Waals surface area contributed by atoms with Gasteiger partial charge in [0, 0.05) is 67.8 Å². The van der Waals surface area contributed by atoms with Gasteiger partial charge in [-0.15, -0.1) is 0 Å². The summed E-state index contributed by atoms with van der Waals surface area (Å²) in [5, 5.41) is 1.02. The minimum atomic E-state index is -4.05. The molecule has 1 N–H and O–H groups in total. The number of para-hydroxylation sites is 1. The smallest absolute Gasteiger partial charge is 0.303 e. The van der Waals surface area contributed by atoms with Crippen molar-refractivity contribution in [2.24, 2.45) is 0 Å². The lowest BCUT2D eigenvalue weighted by atomic mass is 9.81. The van der Waals surface area contributed by atoms with Crippen LogP contribution in [0.25, 0.3) is 22.2 Å². The molecule has 1 atom stereocenters. The second-order valence-corrected chi connectivity index (χ2v) is 14.7. The van der Waals surface area contributed by atoms with E-state index in [2.05, 4.69) is 40.0 Å². The summed E-state index contributed by atoms with van der Waals surface area (Å²) in [5.41, 5.74) is 3.95. The molecule has 0 spiro atoms. The van der Waals surface area contributed by atoms with Crippen molar-refractivity contribution >= 4 is 27.0 Å². The molecule has 1 saturated carbocycles. The molecule has 1 fully saturated rings. The number of hydrogen-bond donors (Lipinski definition) is 1. The number of benzene rings is 2. The normalized spacial score (nSPS) is 23.0. The van der Waals surface area contributed by atoms with E-state index in [1.165, 1.54) is 29.4 Å². The van der Waals surface area contributed by atoms with E-state index in [9.17, 15) is 13.2 Å². The number of nitrogens with zero attached hydrogens (tertiary/aromatic N) is 4. The average Bonchev–Trinajstić information content (AvgIpc) is 3.30. The van der Waals surface area contributed by atoms with Crippen LogP contribution < -0.4 is 9.46 Å². The van der Waals surface area contributed by atoms with Gasteiger partial charge in [0.15, 0.2) is 11.6 Å². The van der Waals surface area contributed by atoms with Crippen molar-refractivity contribution in [1.82, 2.24) is 23.4 Å². The monoisotopic (exact) mass is 625 g/mol. The van der Waals surface area contributed by atoms with Crippen LogP contribution >= 0.6 is 0 Å². The number of fused-ring (bicyclic) bond motifs is 4. The molecule has 1 amide bonds. The number of carbonyl (C=O) groups excluding carboxylic acids is 1. The Morgan fingerprint density at radius 3 is 2.50 bits per heavy atom. The first-order chi connectivity index (χ1) is 21.0. The van der Waals surface area contributed by atoms with Crippen LogP contribution in [0.5, 0.6) is 5.75 Å². The lowest BCUT2D eigenvalue weighted by molar-refractivity contribution is 0.0978. The zero-order valence-corrected chi connectivity index (χ0v) is 27.0. The summed E-state index contributed by atoms with van der Waals surface area (Å²) >= 11 is 0. The van der Waals surface area contributed by atoms with Crippen LogP contribution in [0.1, 0.15) is 67.8 Å². The van der Waals surface area contributed by atoms with E-state index in [4.69, 9.17) is 4.74 Å². The van der Waals surface area contributed by atoms with Crippen molar-refractivity contribution in [2.45, 2.75) is 70.5 Å². The molecule has 9 nitrogen and oxygen atoms in total. The first-order valence-corrected chi connectivity index (χ1v) is 17.3. The maximum atomic E-state index is 15.5. The highest BCUT2D eigenvalue weighted by atomic mass is 32.2. The Balaban J connectivity index is 1.58. The second kappa shape index (κ2) is 12.4. The molecule has 3 heterocycles. The summed E-state index contributed by atoms with van der Waals surface area (Å²) < 4.78 is 54.0. The number of ether oxygens (including phenoxy) is 1. The minimum Gasteiger partial charge on any atom is -0.488 e. The molecule has 4 bridgehead atoms. The lowest BCUT2D eigenvalue weighted by Gasteiger charge is -2.35. The van der Waals surface area contributed by atoms with Gasteiger partial charge >= 0.3 is 10.2 Å². The van der Waals surface area contributed by atoms with Crippen molar-refractivity contribution in [3.8, 4) is 17.0 Å². The predicted octanol–water partition coefficient (Wildman–Crippen LogP) is 4.82. The molecule has 0 radical (unpaired) electrons.